The predicted molar refractivity (Wildman–Crippen MR) is 201 cm³/mol. The second-order valence-corrected chi connectivity index (χ2v) is 13.9. The summed E-state index contributed by atoms with van der Waals surface area (Å²) in [5.41, 5.74) is 3.88. The summed E-state index contributed by atoms with van der Waals surface area (Å²) in [5, 5.41) is 1.68. The third-order valence-corrected chi connectivity index (χ3v) is 10.6. The smallest absolute Gasteiger partial charge is 0.290 e. The quantitative estimate of drug-likeness (QED) is 0.166. The molecule has 10 rings (SSSR count). The highest BCUT2D eigenvalue weighted by atomic mass is 19.3. The largest absolute Gasteiger partial charge is 0.457 e. The average molecular weight is 720 g/mol. The average Bonchev–Trinajstić information content (AvgIpc) is 3.75. The van der Waals surface area contributed by atoms with Crippen LogP contribution in [0.1, 0.15) is 33.7 Å². The van der Waals surface area contributed by atoms with Crippen LogP contribution in [0.5, 0.6) is 11.5 Å². The van der Waals surface area contributed by atoms with Crippen LogP contribution < -0.4 is 4.74 Å². The first kappa shape index (κ1) is 32.1. The van der Waals surface area contributed by atoms with Crippen LogP contribution in [-0.2, 0) is 11.8 Å². The van der Waals surface area contributed by atoms with Crippen LogP contribution in [0.25, 0.3) is 55.7 Å². The molecule has 9 aromatic rings. The molecule has 1 unspecified atom stereocenters. The van der Waals surface area contributed by atoms with E-state index in [1.807, 2.05) is 83.5 Å². The van der Waals surface area contributed by atoms with Crippen LogP contribution in [0.2, 0.25) is 0 Å². The van der Waals surface area contributed by atoms with E-state index in [1.165, 1.54) is 30.3 Å². The standard InChI is InChI=1S/C44H29F4N5O/c1-25-18-39(50-23-26(25)2)53-37-22-31(16-17-36(37)52-35-15-9-8-14-33(35)51-42(52)53)54-38-21-30(34-20-28-12-6-7-13-29(28)24-49-34)19-32-40(38)44(47,48)41(43(32,45)46)27-10-4-3-5-11-27/h3-24,41H,1-2H3. The van der Waals surface area contributed by atoms with Crippen molar-refractivity contribution in [3.63, 3.8) is 0 Å². The zero-order chi connectivity index (χ0) is 36.9. The molecule has 0 aliphatic heterocycles. The maximum atomic E-state index is 16.7. The molecule has 54 heavy (non-hydrogen) atoms. The number of fused-ring (bicyclic) bond motifs is 7. The number of benzene rings is 5. The van der Waals surface area contributed by atoms with Gasteiger partial charge in [0.1, 0.15) is 23.2 Å². The molecule has 1 aliphatic carbocycles. The monoisotopic (exact) mass is 719 g/mol. The minimum Gasteiger partial charge on any atom is -0.457 e. The number of hydrogen-bond donors (Lipinski definition) is 0. The van der Waals surface area contributed by atoms with Gasteiger partial charge in [-0.2, -0.15) is 0 Å². The summed E-state index contributed by atoms with van der Waals surface area (Å²) in [6.45, 7) is 3.98. The molecule has 4 heterocycles. The number of hydrogen-bond acceptors (Lipinski definition) is 4. The molecule has 0 spiro atoms. The number of aromatic nitrogens is 5. The molecular formula is C44H29F4N5O. The van der Waals surface area contributed by atoms with Gasteiger partial charge in [-0.05, 0) is 84.5 Å². The Morgan fingerprint density at radius 1 is 0.648 bits per heavy atom. The number of halogens is 4. The lowest BCUT2D eigenvalue weighted by Gasteiger charge is -2.25. The van der Waals surface area contributed by atoms with Crippen LogP contribution in [0.3, 0.4) is 0 Å². The van der Waals surface area contributed by atoms with E-state index in [1.54, 1.807) is 36.7 Å². The summed E-state index contributed by atoms with van der Waals surface area (Å²) in [6, 6.07) is 33.9. The van der Waals surface area contributed by atoms with E-state index in [2.05, 4.69) is 4.98 Å². The fourth-order valence-electron chi connectivity index (χ4n) is 7.81. The fraction of sp³-hybridized carbons (Fsp3) is 0.114. The van der Waals surface area contributed by atoms with Gasteiger partial charge in [-0.1, -0.05) is 66.7 Å². The van der Waals surface area contributed by atoms with Crippen LogP contribution >= 0.6 is 0 Å². The van der Waals surface area contributed by atoms with E-state index in [4.69, 9.17) is 14.7 Å². The molecule has 5 aromatic carbocycles. The first-order valence-corrected chi connectivity index (χ1v) is 17.5. The number of rotatable bonds is 5. The maximum Gasteiger partial charge on any atom is 0.290 e. The highest BCUT2D eigenvalue weighted by Gasteiger charge is 2.66. The van der Waals surface area contributed by atoms with Gasteiger partial charge in [-0.25, -0.2) is 27.5 Å². The van der Waals surface area contributed by atoms with Crippen molar-refractivity contribution in [1.29, 1.82) is 0 Å². The van der Waals surface area contributed by atoms with E-state index < -0.39 is 28.9 Å². The molecule has 0 fully saturated rings. The summed E-state index contributed by atoms with van der Waals surface area (Å²) in [6.07, 6.45) is 3.43. The Hall–Kier alpha value is -6.55. The number of aryl methyl sites for hydroxylation is 2. The summed E-state index contributed by atoms with van der Waals surface area (Å²) >= 11 is 0. The van der Waals surface area contributed by atoms with Crippen molar-refractivity contribution in [2.75, 3.05) is 0 Å². The van der Waals surface area contributed by atoms with E-state index in [0.29, 0.717) is 22.8 Å². The Labute approximate surface area is 305 Å². The molecule has 4 aromatic heterocycles. The van der Waals surface area contributed by atoms with Gasteiger partial charge in [-0.3, -0.25) is 14.0 Å². The minimum absolute atomic E-state index is 0.171. The van der Waals surface area contributed by atoms with E-state index in [9.17, 15) is 0 Å². The van der Waals surface area contributed by atoms with Crippen molar-refractivity contribution in [3.8, 4) is 28.6 Å². The molecule has 0 N–H and O–H groups in total. The third kappa shape index (κ3) is 4.68. The van der Waals surface area contributed by atoms with Gasteiger partial charge in [0.2, 0.25) is 5.78 Å². The Balaban J connectivity index is 1.20. The third-order valence-electron chi connectivity index (χ3n) is 10.6. The van der Waals surface area contributed by atoms with E-state index in [0.717, 1.165) is 44.5 Å². The van der Waals surface area contributed by atoms with Gasteiger partial charge in [-0.15, -0.1) is 0 Å². The van der Waals surface area contributed by atoms with Gasteiger partial charge in [0.25, 0.3) is 11.8 Å². The summed E-state index contributed by atoms with van der Waals surface area (Å²) in [7, 11) is 0. The van der Waals surface area contributed by atoms with E-state index >= 15 is 17.6 Å². The van der Waals surface area contributed by atoms with Gasteiger partial charge in [0.15, 0.2) is 0 Å². The molecular weight excluding hydrogens is 691 g/mol. The number of alkyl halides is 4. The molecule has 6 nitrogen and oxygen atoms in total. The highest BCUT2D eigenvalue weighted by Crippen LogP contribution is 2.65. The van der Waals surface area contributed by atoms with Crippen molar-refractivity contribution in [2.45, 2.75) is 31.6 Å². The zero-order valence-electron chi connectivity index (χ0n) is 28.9. The molecule has 1 atom stereocenters. The van der Waals surface area contributed by atoms with Crippen molar-refractivity contribution in [3.05, 3.63) is 162 Å². The lowest BCUT2D eigenvalue weighted by Crippen LogP contribution is -2.27. The topological polar surface area (TPSA) is 57.2 Å². The van der Waals surface area contributed by atoms with E-state index in [-0.39, 0.29) is 22.6 Å². The molecule has 0 saturated carbocycles. The van der Waals surface area contributed by atoms with Crippen LogP contribution in [-0.4, -0.2) is 23.9 Å². The SMILES string of the molecule is Cc1cnc(-n2c3cc(Oc4cc(-c5cc6ccccc6cn5)cc5c4C(F)(F)C(c4ccccc4)C5(F)F)ccc3n3c4ccccc4nc23)cc1C. The number of nitrogens with zero attached hydrogens (tertiary/aromatic N) is 5. The molecule has 0 bridgehead atoms. The summed E-state index contributed by atoms with van der Waals surface area (Å²) in [5.74, 6) is -9.37. The molecule has 0 amide bonds. The summed E-state index contributed by atoms with van der Waals surface area (Å²) < 4.78 is 77.0. The summed E-state index contributed by atoms with van der Waals surface area (Å²) in [4.78, 5) is 14.2. The number of imidazole rings is 2. The molecule has 10 heteroatoms. The number of ether oxygens (including phenoxy) is 1. The predicted octanol–water partition coefficient (Wildman–Crippen LogP) is 11.4. The Kier molecular flexibility index (Phi) is 6.83. The van der Waals surface area contributed by atoms with Gasteiger partial charge in [0, 0.05) is 35.0 Å². The molecule has 264 valence electrons. The Morgan fingerprint density at radius 3 is 2.22 bits per heavy atom. The molecule has 0 saturated heterocycles. The first-order valence-electron chi connectivity index (χ1n) is 17.5. The van der Waals surface area contributed by atoms with Crippen LogP contribution in [0.15, 0.2) is 134 Å². The van der Waals surface area contributed by atoms with Crippen molar-refractivity contribution < 1.29 is 22.3 Å². The van der Waals surface area contributed by atoms with Crippen LogP contribution in [0.4, 0.5) is 17.6 Å². The van der Waals surface area contributed by atoms with Gasteiger partial charge >= 0.3 is 0 Å². The number of para-hydroxylation sites is 2. The minimum atomic E-state index is -3.99. The zero-order valence-corrected chi connectivity index (χ0v) is 28.9. The molecule has 0 radical (unpaired) electrons. The molecule has 1 aliphatic rings. The second-order valence-electron chi connectivity index (χ2n) is 13.9. The highest BCUT2D eigenvalue weighted by molar-refractivity contribution is 5.92. The Bertz CT molecular complexity index is 2970. The fourth-order valence-corrected chi connectivity index (χ4v) is 7.81. The van der Waals surface area contributed by atoms with Gasteiger partial charge < -0.3 is 4.74 Å². The Morgan fingerprint density at radius 2 is 1.41 bits per heavy atom. The maximum absolute atomic E-state index is 16.7. The second kappa shape index (κ2) is 11.5. The van der Waals surface area contributed by atoms with Crippen molar-refractivity contribution in [2.24, 2.45) is 0 Å². The normalized spacial score (nSPS) is 16.1. The lowest BCUT2D eigenvalue weighted by atomic mass is 9.91. The number of pyridine rings is 2. The first-order chi connectivity index (χ1) is 26.1. The van der Waals surface area contributed by atoms with Gasteiger partial charge in [0.05, 0.1) is 33.3 Å². The van der Waals surface area contributed by atoms with Crippen molar-refractivity contribution in [1.82, 2.24) is 23.9 Å². The lowest BCUT2D eigenvalue weighted by molar-refractivity contribution is -0.120. The van der Waals surface area contributed by atoms with Crippen molar-refractivity contribution >= 4 is 38.6 Å². The van der Waals surface area contributed by atoms with Crippen LogP contribution in [0, 0.1) is 13.8 Å².